The van der Waals surface area contributed by atoms with Crippen molar-refractivity contribution in [2.45, 2.75) is 18.9 Å². The molecule has 0 aromatic rings. The molecule has 2 aliphatic heterocycles. The smallest absolute Gasteiger partial charge is 0.265 e. The van der Waals surface area contributed by atoms with Crippen molar-refractivity contribution in [3.63, 3.8) is 0 Å². The molecule has 2 heterocycles. The number of nitrogens with one attached hydrogen (secondary N) is 1. The number of carbonyl (C=O) groups excluding carboxylic acids is 3. The molecule has 1 fully saturated rings. The molecule has 106 valence electrons. The summed E-state index contributed by atoms with van der Waals surface area (Å²) in [7, 11) is 0. The van der Waals surface area contributed by atoms with Gasteiger partial charge in [-0.15, -0.1) is 0 Å². The lowest BCUT2D eigenvalue weighted by atomic mass is 10.0. The van der Waals surface area contributed by atoms with Crippen LogP contribution in [0.25, 0.3) is 0 Å². The van der Waals surface area contributed by atoms with Crippen LogP contribution in [0.2, 0.25) is 0 Å². The number of amides is 3. The summed E-state index contributed by atoms with van der Waals surface area (Å²) in [6.45, 7) is 7.16. The van der Waals surface area contributed by atoms with E-state index in [4.69, 9.17) is 4.74 Å². The Hall–Kier alpha value is -1.89. The number of allylic oxidation sites excluding steroid dienone is 2. The van der Waals surface area contributed by atoms with Gasteiger partial charge in [-0.1, -0.05) is 13.2 Å². The minimum absolute atomic E-state index is 0.185. The normalized spacial score (nSPS) is 23.4. The lowest BCUT2D eigenvalue weighted by Gasteiger charge is -2.37. The van der Waals surface area contributed by atoms with Gasteiger partial charge in [-0.3, -0.25) is 24.6 Å². The van der Waals surface area contributed by atoms with Gasteiger partial charge in [0.2, 0.25) is 11.8 Å². The summed E-state index contributed by atoms with van der Waals surface area (Å²) in [6, 6.07) is -0.737. The van der Waals surface area contributed by atoms with E-state index < -0.39 is 11.9 Å². The summed E-state index contributed by atoms with van der Waals surface area (Å²) >= 11 is 3.20. The van der Waals surface area contributed by atoms with Crippen LogP contribution in [0.3, 0.4) is 0 Å². The molecule has 6 nitrogen and oxygen atoms in total. The maximum Gasteiger partial charge on any atom is 0.265 e. The van der Waals surface area contributed by atoms with E-state index in [2.05, 4.69) is 34.4 Å². The van der Waals surface area contributed by atoms with Crippen molar-refractivity contribution in [2.75, 3.05) is 6.61 Å². The molecule has 0 radical (unpaired) electrons. The molecule has 1 unspecified atom stereocenters. The number of halogens is 1. The molecule has 7 heteroatoms. The van der Waals surface area contributed by atoms with E-state index in [-0.39, 0.29) is 31.3 Å². The Morgan fingerprint density at radius 3 is 2.70 bits per heavy atom. The summed E-state index contributed by atoms with van der Waals surface area (Å²) in [5.41, 5.74) is 0.373. The molecule has 0 aromatic heterocycles. The maximum absolute atomic E-state index is 12.1. The molecule has 0 spiro atoms. The molecule has 1 atom stereocenters. The SMILES string of the molecule is C=CC1=C(C(=C)Br)OCC(=O)N1C1CCC(=O)NC1=O. The molecule has 0 saturated carbocycles. The van der Waals surface area contributed by atoms with Gasteiger partial charge < -0.3 is 4.74 Å². The molecule has 20 heavy (non-hydrogen) atoms. The molecule has 1 saturated heterocycles. The van der Waals surface area contributed by atoms with Gasteiger partial charge in [-0.05, 0) is 28.4 Å². The third kappa shape index (κ3) is 2.53. The van der Waals surface area contributed by atoms with E-state index in [1.807, 2.05) is 0 Å². The number of carbonyl (C=O) groups is 3. The number of nitrogens with zero attached hydrogens (tertiary/aromatic N) is 1. The highest BCUT2D eigenvalue weighted by molar-refractivity contribution is 9.11. The Bertz CT molecular complexity index is 553. The average Bonchev–Trinajstić information content (AvgIpc) is 2.38. The fourth-order valence-electron chi connectivity index (χ4n) is 2.20. The third-order valence-corrected chi connectivity index (χ3v) is 3.42. The predicted molar refractivity (Wildman–Crippen MR) is 74.3 cm³/mol. The van der Waals surface area contributed by atoms with E-state index in [9.17, 15) is 14.4 Å². The van der Waals surface area contributed by atoms with Crippen LogP contribution in [0.15, 0.2) is 35.2 Å². The van der Waals surface area contributed by atoms with Crippen LogP contribution in [0.1, 0.15) is 12.8 Å². The number of ether oxygens (including phenoxy) is 1. The number of imide groups is 1. The third-order valence-electron chi connectivity index (χ3n) is 3.06. The first-order valence-corrected chi connectivity index (χ1v) is 6.75. The second kappa shape index (κ2) is 5.62. The van der Waals surface area contributed by atoms with E-state index in [0.717, 1.165) is 0 Å². The Kier molecular flexibility index (Phi) is 4.08. The van der Waals surface area contributed by atoms with Gasteiger partial charge in [0, 0.05) is 6.42 Å². The number of piperidine rings is 1. The standard InChI is InChI=1S/C13H13BrN2O4/c1-3-8-12(7(2)14)20-6-11(18)16(8)9-4-5-10(17)15-13(9)19/h3,9H,1-2,4-6H2,(H,15,17,19). The Morgan fingerprint density at radius 2 is 2.15 bits per heavy atom. The zero-order chi connectivity index (χ0) is 14.9. The van der Waals surface area contributed by atoms with Crippen LogP contribution in [0.4, 0.5) is 0 Å². The van der Waals surface area contributed by atoms with Crippen LogP contribution in [0, 0.1) is 0 Å². The van der Waals surface area contributed by atoms with Gasteiger partial charge >= 0.3 is 0 Å². The fraction of sp³-hybridized carbons (Fsp3) is 0.308. The summed E-state index contributed by atoms with van der Waals surface area (Å²) in [6.07, 6.45) is 1.90. The summed E-state index contributed by atoms with van der Waals surface area (Å²) in [5, 5.41) is 2.23. The second-order valence-electron chi connectivity index (χ2n) is 4.34. The highest BCUT2D eigenvalue weighted by Crippen LogP contribution is 2.30. The maximum atomic E-state index is 12.1. The molecule has 0 aromatic carbocycles. The highest BCUT2D eigenvalue weighted by Gasteiger charge is 2.39. The second-order valence-corrected chi connectivity index (χ2v) is 5.30. The zero-order valence-corrected chi connectivity index (χ0v) is 12.2. The van der Waals surface area contributed by atoms with E-state index in [1.54, 1.807) is 0 Å². The molecule has 3 amide bonds. The van der Waals surface area contributed by atoms with Crippen molar-refractivity contribution in [1.82, 2.24) is 10.2 Å². The van der Waals surface area contributed by atoms with Gasteiger partial charge in [-0.2, -0.15) is 0 Å². The molecular weight excluding hydrogens is 328 g/mol. The van der Waals surface area contributed by atoms with Crippen molar-refractivity contribution >= 4 is 33.7 Å². The Morgan fingerprint density at radius 1 is 1.45 bits per heavy atom. The topological polar surface area (TPSA) is 75.7 Å². The fourth-order valence-corrected chi connectivity index (χ4v) is 2.52. The molecule has 0 bridgehead atoms. The van der Waals surface area contributed by atoms with Crippen molar-refractivity contribution in [1.29, 1.82) is 0 Å². The van der Waals surface area contributed by atoms with Crippen LogP contribution in [-0.2, 0) is 19.1 Å². The van der Waals surface area contributed by atoms with Crippen molar-refractivity contribution in [3.05, 3.63) is 35.2 Å². The van der Waals surface area contributed by atoms with Crippen LogP contribution >= 0.6 is 15.9 Å². The van der Waals surface area contributed by atoms with E-state index >= 15 is 0 Å². The first-order chi connectivity index (χ1) is 9.45. The van der Waals surface area contributed by atoms with E-state index in [0.29, 0.717) is 15.9 Å². The summed E-state index contributed by atoms with van der Waals surface area (Å²) < 4.78 is 5.76. The monoisotopic (exact) mass is 340 g/mol. The van der Waals surface area contributed by atoms with Crippen LogP contribution in [-0.4, -0.2) is 35.3 Å². The molecular formula is C13H13BrN2O4. The van der Waals surface area contributed by atoms with Crippen molar-refractivity contribution in [3.8, 4) is 0 Å². The van der Waals surface area contributed by atoms with Crippen molar-refractivity contribution < 1.29 is 19.1 Å². The van der Waals surface area contributed by atoms with Gasteiger partial charge in [0.15, 0.2) is 12.4 Å². The molecule has 2 aliphatic rings. The minimum atomic E-state index is -0.737. The summed E-state index contributed by atoms with van der Waals surface area (Å²) in [5.74, 6) is -0.812. The number of hydrogen-bond acceptors (Lipinski definition) is 4. The van der Waals surface area contributed by atoms with Crippen molar-refractivity contribution in [2.24, 2.45) is 0 Å². The Balaban J connectivity index is 2.41. The van der Waals surface area contributed by atoms with Gasteiger partial charge in [0.05, 0.1) is 10.2 Å². The highest BCUT2D eigenvalue weighted by atomic mass is 79.9. The Labute approximate surface area is 124 Å². The zero-order valence-electron chi connectivity index (χ0n) is 10.6. The number of rotatable bonds is 3. The van der Waals surface area contributed by atoms with Gasteiger partial charge in [-0.25, -0.2) is 0 Å². The largest absolute Gasteiger partial charge is 0.480 e. The first-order valence-electron chi connectivity index (χ1n) is 5.95. The van der Waals surface area contributed by atoms with Gasteiger partial charge in [0.25, 0.3) is 5.91 Å². The minimum Gasteiger partial charge on any atom is -0.480 e. The first kappa shape index (κ1) is 14.5. The lowest BCUT2D eigenvalue weighted by molar-refractivity contribution is -0.147. The summed E-state index contributed by atoms with van der Waals surface area (Å²) in [4.78, 5) is 36.5. The molecule has 2 rings (SSSR count). The van der Waals surface area contributed by atoms with Crippen LogP contribution in [0.5, 0.6) is 0 Å². The molecule has 1 N–H and O–H groups in total. The predicted octanol–water partition coefficient (Wildman–Crippen LogP) is 0.957. The van der Waals surface area contributed by atoms with Gasteiger partial charge in [0.1, 0.15) is 6.04 Å². The quantitative estimate of drug-likeness (QED) is 0.776. The average molecular weight is 341 g/mol. The lowest BCUT2D eigenvalue weighted by Crippen LogP contribution is -2.55. The van der Waals surface area contributed by atoms with E-state index in [1.165, 1.54) is 11.0 Å². The van der Waals surface area contributed by atoms with Crippen LogP contribution < -0.4 is 5.32 Å². The number of hydrogen-bond donors (Lipinski definition) is 1. The molecule has 0 aliphatic carbocycles.